The number of aliphatic hydroxyl groups excluding tert-OH is 1. The molecule has 0 bridgehead atoms. The Hall–Kier alpha value is -4.35. The average molecular weight is 573 g/mol. The predicted octanol–water partition coefficient (Wildman–Crippen LogP) is 3.14. The van der Waals surface area contributed by atoms with Crippen LogP contribution in [0.25, 0.3) is 22.4 Å². The van der Waals surface area contributed by atoms with Gasteiger partial charge in [-0.15, -0.1) is 0 Å². The minimum absolute atomic E-state index is 0.0475. The molecule has 11 heteroatoms. The minimum atomic E-state index is -0.847. The standard InChI is InChI=1S/C31H36N6O5/c1-18-26(41-3)5-4-6-27(18)42-17-21(38)15-33-23-7-10-32-30(39)28(23)29-34-24-13-19-16-37(20-8-11-36(2)12-9-20)31(40)22(19)14-25(24)35-29/h4-7,10,13-14,20-21,38H,8-9,11-12,15-17H2,1-3H3,(H,34,35)(H2,32,33,39). The van der Waals surface area contributed by atoms with Gasteiger partial charge < -0.3 is 39.7 Å². The van der Waals surface area contributed by atoms with Crippen LogP contribution in [0, 0.1) is 6.92 Å². The number of benzene rings is 2. The number of hydrogen-bond acceptors (Lipinski definition) is 8. The summed E-state index contributed by atoms with van der Waals surface area (Å²) in [6, 6.07) is 11.3. The molecular formula is C31H36N6O5. The number of imidazole rings is 1. The van der Waals surface area contributed by atoms with Crippen LogP contribution >= 0.6 is 0 Å². The Balaban J connectivity index is 1.17. The van der Waals surface area contributed by atoms with Crippen LogP contribution in [0.3, 0.4) is 0 Å². The van der Waals surface area contributed by atoms with Crippen molar-refractivity contribution in [2.24, 2.45) is 0 Å². The van der Waals surface area contributed by atoms with E-state index in [9.17, 15) is 14.7 Å². The quantitative estimate of drug-likeness (QED) is 0.240. The van der Waals surface area contributed by atoms with Crippen molar-refractivity contribution in [1.82, 2.24) is 24.8 Å². The molecule has 1 fully saturated rings. The van der Waals surface area contributed by atoms with Crippen molar-refractivity contribution in [2.75, 3.05) is 45.7 Å². The van der Waals surface area contributed by atoms with Crippen LogP contribution in [-0.2, 0) is 6.54 Å². The number of likely N-dealkylation sites (tertiary alicyclic amines) is 1. The summed E-state index contributed by atoms with van der Waals surface area (Å²) in [5.74, 6) is 1.78. The van der Waals surface area contributed by atoms with Crippen LogP contribution in [0.4, 0.5) is 5.69 Å². The number of piperidine rings is 1. The van der Waals surface area contributed by atoms with Crippen molar-refractivity contribution in [2.45, 2.75) is 38.5 Å². The number of anilines is 1. The number of aromatic nitrogens is 3. The Labute approximate surface area is 243 Å². The van der Waals surface area contributed by atoms with Crippen molar-refractivity contribution in [3.8, 4) is 22.9 Å². The van der Waals surface area contributed by atoms with Crippen molar-refractivity contribution in [1.29, 1.82) is 0 Å². The molecule has 6 rings (SSSR count). The molecule has 4 N–H and O–H groups in total. The van der Waals surface area contributed by atoms with Gasteiger partial charge in [0.2, 0.25) is 0 Å². The lowest BCUT2D eigenvalue weighted by atomic mass is 10.0. The van der Waals surface area contributed by atoms with E-state index < -0.39 is 6.10 Å². The number of H-pyrrole nitrogens is 2. The van der Waals surface area contributed by atoms with E-state index in [2.05, 4.69) is 27.2 Å². The molecule has 4 heterocycles. The maximum absolute atomic E-state index is 13.3. The molecule has 220 valence electrons. The number of rotatable bonds is 9. The van der Waals surface area contributed by atoms with Crippen molar-refractivity contribution >= 4 is 22.6 Å². The number of pyridine rings is 1. The molecule has 4 aromatic rings. The number of carbonyl (C=O) groups excluding carboxylic acids is 1. The van der Waals surface area contributed by atoms with E-state index in [1.165, 1.54) is 0 Å². The van der Waals surface area contributed by atoms with E-state index in [0.29, 0.717) is 46.2 Å². The van der Waals surface area contributed by atoms with Crippen molar-refractivity contribution in [3.63, 3.8) is 0 Å². The Morgan fingerprint density at radius 2 is 1.95 bits per heavy atom. The molecule has 0 aliphatic carbocycles. The van der Waals surface area contributed by atoms with Gasteiger partial charge in [0.15, 0.2) is 0 Å². The zero-order valence-corrected chi connectivity index (χ0v) is 24.1. The number of amides is 1. The molecule has 2 aromatic carbocycles. The third-order valence-electron chi connectivity index (χ3n) is 8.28. The number of nitrogens with one attached hydrogen (secondary N) is 3. The second-order valence-electron chi connectivity index (χ2n) is 11.1. The van der Waals surface area contributed by atoms with Crippen LogP contribution in [0.1, 0.15) is 34.3 Å². The maximum atomic E-state index is 13.3. The van der Waals surface area contributed by atoms with Gasteiger partial charge in [-0.2, -0.15) is 0 Å². The first-order chi connectivity index (χ1) is 20.3. The van der Waals surface area contributed by atoms with Crippen LogP contribution in [0.5, 0.6) is 11.5 Å². The first kappa shape index (κ1) is 27.8. The molecular weight excluding hydrogens is 536 g/mol. The summed E-state index contributed by atoms with van der Waals surface area (Å²) in [6.07, 6.45) is 2.65. The summed E-state index contributed by atoms with van der Waals surface area (Å²) in [5, 5.41) is 13.8. The number of methoxy groups -OCH3 is 1. The molecule has 1 atom stereocenters. The van der Waals surface area contributed by atoms with Gasteiger partial charge in [-0.05, 0) is 75.8 Å². The molecule has 1 saturated heterocycles. The first-order valence-electron chi connectivity index (χ1n) is 14.2. The summed E-state index contributed by atoms with van der Waals surface area (Å²) in [5.41, 5.74) is 4.40. The largest absolute Gasteiger partial charge is 0.496 e. The summed E-state index contributed by atoms with van der Waals surface area (Å²) < 4.78 is 11.1. The Kier molecular flexibility index (Phi) is 7.61. The monoisotopic (exact) mass is 572 g/mol. The molecule has 2 aliphatic heterocycles. The number of fused-ring (bicyclic) bond motifs is 2. The van der Waals surface area contributed by atoms with Crippen LogP contribution in [-0.4, -0.2) is 88.3 Å². The zero-order valence-electron chi connectivity index (χ0n) is 24.1. The molecule has 1 amide bonds. The highest BCUT2D eigenvalue weighted by atomic mass is 16.5. The summed E-state index contributed by atoms with van der Waals surface area (Å²) in [4.78, 5) is 41.3. The lowest BCUT2D eigenvalue weighted by Gasteiger charge is -2.34. The molecule has 0 radical (unpaired) electrons. The smallest absolute Gasteiger partial charge is 0.261 e. The average Bonchev–Trinajstić information content (AvgIpc) is 3.54. The molecule has 0 saturated carbocycles. The summed E-state index contributed by atoms with van der Waals surface area (Å²) >= 11 is 0. The van der Waals surface area contributed by atoms with E-state index in [4.69, 9.17) is 14.5 Å². The van der Waals surface area contributed by atoms with Gasteiger partial charge in [-0.1, -0.05) is 6.07 Å². The Bertz CT molecular complexity index is 1670. The van der Waals surface area contributed by atoms with E-state index in [1.807, 2.05) is 42.2 Å². The Morgan fingerprint density at radius 1 is 1.17 bits per heavy atom. The second kappa shape index (κ2) is 11.5. The van der Waals surface area contributed by atoms with Crippen LogP contribution < -0.4 is 20.3 Å². The number of ether oxygens (including phenoxy) is 2. The molecule has 11 nitrogen and oxygen atoms in total. The third kappa shape index (κ3) is 5.33. The summed E-state index contributed by atoms with van der Waals surface area (Å²) in [7, 11) is 3.71. The zero-order chi connectivity index (χ0) is 29.4. The van der Waals surface area contributed by atoms with Gasteiger partial charge in [-0.3, -0.25) is 9.59 Å². The van der Waals surface area contributed by atoms with Gasteiger partial charge in [0, 0.05) is 36.5 Å². The molecule has 2 aliphatic rings. The predicted molar refractivity (Wildman–Crippen MR) is 160 cm³/mol. The fourth-order valence-electron chi connectivity index (χ4n) is 5.87. The van der Waals surface area contributed by atoms with E-state index in [0.717, 1.165) is 42.6 Å². The van der Waals surface area contributed by atoms with E-state index in [1.54, 1.807) is 19.4 Å². The SMILES string of the molecule is COc1cccc(OCC(O)CNc2cc[nH]c(=O)c2-c2nc3cc4c(cc3[nH]2)CN(C2CCN(C)CC2)C4=O)c1C. The molecule has 2 aromatic heterocycles. The lowest BCUT2D eigenvalue weighted by molar-refractivity contribution is 0.0617. The minimum Gasteiger partial charge on any atom is -0.496 e. The molecule has 0 spiro atoms. The maximum Gasteiger partial charge on any atom is 0.261 e. The molecule has 1 unspecified atom stereocenters. The number of aliphatic hydroxyl groups is 1. The lowest BCUT2D eigenvalue weighted by Crippen LogP contribution is -2.43. The van der Waals surface area contributed by atoms with Gasteiger partial charge >= 0.3 is 0 Å². The highest BCUT2D eigenvalue weighted by Gasteiger charge is 2.34. The first-order valence-corrected chi connectivity index (χ1v) is 14.2. The summed E-state index contributed by atoms with van der Waals surface area (Å²) in [6.45, 7) is 4.66. The highest BCUT2D eigenvalue weighted by Crippen LogP contribution is 2.33. The normalized spacial score (nSPS) is 16.6. The van der Waals surface area contributed by atoms with E-state index in [-0.39, 0.29) is 30.7 Å². The van der Waals surface area contributed by atoms with Gasteiger partial charge in [0.25, 0.3) is 11.5 Å². The number of hydrogen-bond donors (Lipinski definition) is 4. The van der Waals surface area contributed by atoms with E-state index >= 15 is 0 Å². The fourth-order valence-corrected chi connectivity index (χ4v) is 5.87. The van der Waals surface area contributed by atoms with Gasteiger partial charge in [0.1, 0.15) is 35.6 Å². The third-order valence-corrected chi connectivity index (χ3v) is 8.28. The van der Waals surface area contributed by atoms with Gasteiger partial charge in [0.05, 0.1) is 23.8 Å². The number of aromatic amines is 2. The topological polar surface area (TPSA) is 136 Å². The van der Waals surface area contributed by atoms with Crippen molar-refractivity contribution in [3.05, 3.63) is 69.6 Å². The number of carbonyl (C=O) groups is 1. The second-order valence-corrected chi connectivity index (χ2v) is 11.1. The van der Waals surface area contributed by atoms with Crippen LogP contribution in [0.2, 0.25) is 0 Å². The number of nitrogens with zero attached hydrogens (tertiary/aromatic N) is 3. The highest BCUT2D eigenvalue weighted by molar-refractivity contribution is 6.02. The Morgan fingerprint density at radius 3 is 2.74 bits per heavy atom. The van der Waals surface area contributed by atoms with Gasteiger partial charge in [-0.25, -0.2) is 4.98 Å². The van der Waals surface area contributed by atoms with Crippen molar-refractivity contribution < 1.29 is 19.4 Å². The fraction of sp³-hybridized carbons (Fsp3) is 0.387. The van der Waals surface area contributed by atoms with Crippen LogP contribution in [0.15, 0.2) is 47.4 Å². The molecule has 42 heavy (non-hydrogen) atoms.